The molecule has 5 heteroatoms. The molecule has 4 nitrogen and oxygen atoms in total. The van der Waals surface area contributed by atoms with Crippen molar-refractivity contribution in [3.63, 3.8) is 0 Å². The van der Waals surface area contributed by atoms with Crippen LogP contribution in [-0.4, -0.2) is 52.6 Å². The van der Waals surface area contributed by atoms with E-state index in [1.807, 2.05) is 0 Å². The molecule has 1 N–H and O–H groups in total. The van der Waals surface area contributed by atoms with Crippen molar-refractivity contribution in [1.29, 1.82) is 0 Å². The van der Waals surface area contributed by atoms with Gasteiger partial charge in [-0.1, -0.05) is 0 Å². The number of ketones is 1. The van der Waals surface area contributed by atoms with Gasteiger partial charge in [0.1, 0.15) is 5.60 Å². The fourth-order valence-electron chi connectivity index (χ4n) is 0.933. The normalized spacial score (nSPS) is 13.8. The molecule has 0 spiro atoms. The van der Waals surface area contributed by atoms with Gasteiger partial charge in [0.25, 0.3) is 0 Å². The Kier molecular flexibility index (Phi) is 8.97. The first-order valence-electron chi connectivity index (χ1n) is 4.95. The summed E-state index contributed by atoms with van der Waals surface area (Å²) in [6.45, 7) is 5.33. The van der Waals surface area contributed by atoms with Crippen molar-refractivity contribution in [3.8, 4) is 0 Å². The maximum absolute atomic E-state index is 11.1. The molecule has 0 saturated heterocycles. The Morgan fingerprint density at radius 2 is 1.69 bits per heavy atom. The molecule has 0 aliphatic heterocycles. The Morgan fingerprint density at radius 3 is 2.00 bits per heavy atom. The van der Waals surface area contributed by atoms with Gasteiger partial charge in [0.05, 0.1) is 0 Å². The van der Waals surface area contributed by atoms with E-state index in [2.05, 4.69) is 0 Å². The zero-order chi connectivity index (χ0) is 12.1. The summed E-state index contributed by atoms with van der Waals surface area (Å²) in [4.78, 5) is 22.2. The molecule has 0 unspecified atom stereocenters. The van der Waals surface area contributed by atoms with E-state index in [1.165, 1.54) is 0 Å². The molecule has 0 radical (unpaired) electrons. The van der Waals surface area contributed by atoms with Gasteiger partial charge in [-0.05, 0) is 39.5 Å². The molecular weight excluding hydrogens is 220 g/mol. The van der Waals surface area contributed by atoms with Gasteiger partial charge in [0.2, 0.25) is 0 Å². The third-order valence-corrected chi connectivity index (χ3v) is 1.65. The molecule has 0 heterocycles. The Hall–Kier alpha value is -0.264. The van der Waals surface area contributed by atoms with Crippen molar-refractivity contribution in [2.24, 2.45) is 5.92 Å². The number of carbonyl (C=O) groups is 2. The molecule has 16 heavy (non-hydrogen) atoms. The summed E-state index contributed by atoms with van der Waals surface area (Å²) in [6, 6.07) is 0. The molecule has 0 bridgehead atoms. The Morgan fingerprint density at radius 1 is 1.25 bits per heavy atom. The second-order valence-corrected chi connectivity index (χ2v) is 4.35. The SMILES string of the molecule is CC(C)(C)OC(=O)[CH-]C(=O)C1CC1.CO.[Mg+2]. The largest absolute Gasteiger partial charge is 2.00 e. The van der Waals surface area contributed by atoms with Gasteiger partial charge < -0.3 is 14.6 Å². The van der Waals surface area contributed by atoms with Gasteiger partial charge >= 0.3 is 23.1 Å². The fraction of sp³-hybridized carbons (Fsp3) is 0.727. The summed E-state index contributed by atoms with van der Waals surface area (Å²) in [6.07, 6.45) is 2.90. The zero-order valence-electron chi connectivity index (χ0n) is 10.4. The predicted octanol–water partition coefficient (Wildman–Crippen LogP) is 0.739. The van der Waals surface area contributed by atoms with Crippen molar-refractivity contribution in [3.05, 3.63) is 6.42 Å². The Labute approximate surface area is 113 Å². The van der Waals surface area contributed by atoms with Crippen molar-refractivity contribution >= 4 is 34.8 Å². The first-order chi connectivity index (χ1) is 6.88. The third-order valence-electron chi connectivity index (χ3n) is 1.65. The number of aliphatic hydroxyl groups excluding tert-OH is 1. The molecule has 88 valence electrons. The number of hydrogen-bond donors (Lipinski definition) is 1. The fourth-order valence-corrected chi connectivity index (χ4v) is 0.933. The number of Topliss-reactive ketones (excluding diaryl/α,β-unsaturated/α-hetero) is 1. The summed E-state index contributed by atoms with van der Waals surface area (Å²) in [5.74, 6) is -0.522. The van der Waals surface area contributed by atoms with E-state index < -0.39 is 11.6 Å². The zero-order valence-corrected chi connectivity index (χ0v) is 11.9. The van der Waals surface area contributed by atoms with Gasteiger partial charge in [-0.25, -0.2) is 6.42 Å². The molecule has 0 aromatic heterocycles. The van der Waals surface area contributed by atoms with Crippen molar-refractivity contribution in [1.82, 2.24) is 0 Å². The third kappa shape index (κ3) is 9.00. The average Bonchev–Trinajstić information content (AvgIpc) is 2.85. The van der Waals surface area contributed by atoms with Crippen LogP contribution in [0.25, 0.3) is 0 Å². The van der Waals surface area contributed by atoms with Gasteiger partial charge in [-0.15, -0.1) is 0 Å². The minimum Gasteiger partial charge on any atom is -0.482 e. The average molecular weight is 240 g/mol. The van der Waals surface area contributed by atoms with E-state index in [-0.39, 0.29) is 34.8 Å². The van der Waals surface area contributed by atoms with Gasteiger partial charge in [-0.3, -0.25) is 4.79 Å². The summed E-state index contributed by atoms with van der Waals surface area (Å²) in [5.41, 5.74) is -0.516. The van der Waals surface area contributed by atoms with Crippen molar-refractivity contribution in [2.75, 3.05) is 7.11 Å². The van der Waals surface area contributed by atoms with Crippen LogP contribution in [0.4, 0.5) is 0 Å². The van der Waals surface area contributed by atoms with E-state index in [9.17, 15) is 9.59 Å². The van der Waals surface area contributed by atoms with E-state index in [0.29, 0.717) is 0 Å². The summed E-state index contributed by atoms with van der Waals surface area (Å²) in [5, 5.41) is 7.00. The Bertz CT molecular complexity index is 229. The van der Waals surface area contributed by atoms with Crippen LogP contribution in [0.3, 0.4) is 0 Å². The molecule has 1 saturated carbocycles. The van der Waals surface area contributed by atoms with Gasteiger partial charge in [-0.2, -0.15) is 0 Å². The van der Waals surface area contributed by atoms with E-state index in [1.54, 1.807) is 20.8 Å². The number of rotatable bonds is 3. The molecular formula is C11H19MgO4+. The standard InChI is InChI=1S/C10H15O3.CH4O.Mg/c1-10(2,3)13-9(12)6-8(11)7-4-5-7;1-2;/h6-7H,4-5H2,1-3H3;2H,1H3;/q-1;;+2. The number of carbonyl (C=O) groups excluding carboxylic acids is 2. The van der Waals surface area contributed by atoms with Crippen LogP contribution in [0.15, 0.2) is 0 Å². The van der Waals surface area contributed by atoms with Crippen LogP contribution < -0.4 is 0 Å². The van der Waals surface area contributed by atoms with Gasteiger partial charge in [0, 0.05) is 12.9 Å². The molecule has 1 aliphatic carbocycles. The molecule has 1 aliphatic rings. The van der Waals surface area contributed by atoms with E-state index in [0.717, 1.165) is 26.4 Å². The van der Waals surface area contributed by atoms with E-state index in [4.69, 9.17) is 9.84 Å². The van der Waals surface area contributed by atoms with Crippen LogP contribution in [0.5, 0.6) is 0 Å². The van der Waals surface area contributed by atoms with Crippen LogP contribution in [-0.2, 0) is 14.3 Å². The topological polar surface area (TPSA) is 63.6 Å². The Balaban J connectivity index is 0. The van der Waals surface area contributed by atoms with Crippen molar-refractivity contribution in [2.45, 2.75) is 39.2 Å². The molecule has 0 amide bonds. The van der Waals surface area contributed by atoms with Crippen LogP contribution in [0, 0.1) is 12.3 Å². The van der Waals surface area contributed by atoms with Gasteiger partial charge in [0.15, 0.2) is 5.97 Å². The molecule has 0 aromatic carbocycles. The molecule has 1 rings (SSSR count). The second kappa shape index (κ2) is 7.92. The number of aliphatic hydroxyl groups is 1. The predicted molar refractivity (Wildman–Crippen MR) is 61.8 cm³/mol. The van der Waals surface area contributed by atoms with Crippen molar-refractivity contribution < 1.29 is 19.4 Å². The molecule has 1 fully saturated rings. The monoisotopic (exact) mass is 239 g/mol. The van der Waals surface area contributed by atoms with Crippen LogP contribution in [0.2, 0.25) is 0 Å². The summed E-state index contributed by atoms with van der Waals surface area (Å²) in [7, 11) is 1.00. The first-order valence-corrected chi connectivity index (χ1v) is 4.95. The minimum atomic E-state index is -0.524. The van der Waals surface area contributed by atoms with E-state index >= 15 is 0 Å². The molecule has 0 atom stereocenters. The number of esters is 1. The maximum Gasteiger partial charge on any atom is 2.00 e. The minimum absolute atomic E-state index is 0. The summed E-state index contributed by atoms with van der Waals surface area (Å²) < 4.78 is 4.97. The van der Waals surface area contributed by atoms with Crippen LogP contribution in [0.1, 0.15) is 33.6 Å². The number of ether oxygens (including phenoxy) is 1. The smallest absolute Gasteiger partial charge is 0.482 e. The number of hydrogen-bond acceptors (Lipinski definition) is 4. The first kappa shape index (κ1) is 18.1. The molecule has 0 aromatic rings. The maximum atomic E-state index is 11.1. The second-order valence-electron chi connectivity index (χ2n) is 4.35. The summed E-state index contributed by atoms with van der Waals surface area (Å²) >= 11 is 0. The quantitative estimate of drug-likeness (QED) is 0.341. The van der Waals surface area contributed by atoms with Crippen LogP contribution >= 0.6 is 0 Å².